The quantitative estimate of drug-likeness (QED) is 0.707. The van der Waals surface area contributed by atoms with Gasteiger partial charge in [-0.1, -0.05) is 48.5 Å². The number of nitrogens with one attached hydrogen (secondary N) is 1. The highest BCUT2D eigenvalue weighted by Gasteiger charge is 2.11. The molecular formula is C20H21N3O3. The van der Waals surface area contributed by atoms with Crippen molar-refractivity contribution in [1.82, 2.24) is 15.5 Å². The first kappa shape index (κ1) is 17.7. The van der Waals surface area contributed by atoms with Gasteiger partial charge in [-0.2, -0.15) is 4.98 Å². The summed E-state index contributed by atoms with van der Waals surface area (Å²) in [6, 6.07) is 15.4. The molecule has 0 aliphatic rings. The van der Waals surface area contributed by atoms with Gasteiger partial charge < -0.3 is 14.6 Å². The van der Waals surface area contributed by atoms with Crippen LogP contribution in [0, 0.1) is 0 Å². The Labute approximate surface area is 152 Å². The van der Waals surface area contributed by atoms with E-state index in [0.717, 1.165) is 23.3 Å². The number of ether oxygens (including phenoxy) is 1. The van der Waals surface area contributed by atoms with Gasteiger partial charge in [-0.05, 0) is 29.7 Å². The van der Waals surface area contributed by atoms with Crippen LogP contribution in [0.2, 0.25) is 0 Å². The van der Waals surface area contributed by atoms with Crippen molar-refractivity contribution in [3.63, 3.8) is 0 Å². The van der Waals surface area contributed by atoms with Crippen LogP contribution in [0.25, 0.3) is 11.4 Å². The Hall–Kier alpha value is -3.15. The number of carbonyl (C=O) groups excluding carboxylic acids is 1. The third-order valence-corrected chi connectivity index (χ3v) is 4.03. The molecule has 0 aliphatic heterocycles. The Kier molecular flexibility index (Phi) is 5.63. The Balaban J connectivity index is 1.56. The zero-order valence-corrected chi connectivity index (χ0v) is 14.9. The average Bonchev–Trinajstić information content (AvgIpc) is 3.16. The zero-order chi connectivity index (χ0) is 18.4. The van der Waals surface area contributed by atoms with Gasteiger partial charge in [0.1, 0.15) is 5.75 Å². The number of aryl methyl sites for hydroxylation is 1. The molecular weight excluding hydrogens is 330 g/mol. The number of methoxy groups -OCH3 is 1. The maximum absolute atomic E-state index is 12.1. The van der Waals surface area contributed by atoms with Gasteiger partial charge >= 0.3 is 0 Å². The fourth-order valence-corrected chi connectivity index (χ4v) is 2.52. The van der Waals surface area contributed by atoms with Crippen LogP contribution >= 0.6 is 0 Å². The van der Waals surface area contributed by atoms with E-state index in [1.54, 1.807) is 7.11 Å². The maximum Gasteiger partial charge on any atom is 0.246 e. The van der Waals surface area contributed by atoms with Crippen LogP contribution in [0.5, 0.6) is 5.75 Å². The average molecular weight is 351 g/mol. The first-order valence-electron chi connectivity index (χ1n) is 8.49. The second-order valence-corrected chi connectivity index (χ2v) is 5.87. The first-order chi connectivity index (χ1) is 12.7. The molecule has 134 valence electrons. The molecule has 1 heterocycles. The molecule has 1 aromatic heterocycles. The SMILES string of the molecule is CCc1ccc(CC(=O)NCc2nc(-c3cccc(OC)c3)no2)cc1. The highest BCUT2D eigenvalue weighted by molar-refractivity contribution is 5.78. The summed E-state index contributed by atoms with van der Waals surface area (Å²) in [7, 11) is 1.60. The van der Waals surface area contributed by atoms with Crippen LogP contribution in [-0.4, -0.2) is 23.2 Å². The summed E-state index contributed by atoms with van der Waals surface area (Å²) in [6.07, 6.45) is 1.31. The normalized spacial score (nSPS) is 10.5. The van der Waals surface area contributed by atoms with E-state index >= 15 is 0 Å². The summed E-state index contributed by atoms with van der Waals surface area (Å²) in [4.78, 5) is 16.4. The summed E-state index contributed by atoms with van der Waals surface area (Å²) in [5, 5.41) is 6.75. The molecule has 6 heteroatoms. The molecule has 1 N–H and O–H groups in total. The lowest BCUT2D eigenvalue weighted by molar-refractivity contribution is -0.120. The molecule has 0 spiro atoms. The number of amides is 1. The van der Waals surface area contributed by atoms with Gasteiger partial charge in [0.15, 0.2) is 0 Å². The summed E-state index contributed by atoms with van der Waals surface area (Å²) < 4.78 is 10.4. The molecule has 3 aromatic rings. The number of nitrogens with zero attached hydrogens (tertiary/aromatic N) is 2. The molecule has 0 radical (unpaired) electrons. The van der Waals surface area contributed by atoms with E-state index in [2.05, 4.69) is 22.4 Å². The van der Waals surface area contributed by atoms with Gasteiger partial charge in [0.2, 0.25) is 17.6 Å². The van der Waals surface area contributed by atoms with Gasteiger partial charge in [-0.15, -0.1) is 0 Å². The molecule has 0 saturated carbocycles. The van der Waals surface area contributed by atoms with E-state index in [1.807, 2.05) is 48.5 Å². The van der Waals surface area contributed by atoms with Crippen molar-refractivity contribution in [2.75, 3.05) is 7.11 Å². The van der Waals surface area contributed by atoms with Crippen molar-refractivity contribution in [2.45, 2.75) is 26.3 Å². The standard InChI is InChI=1S/C20H21N3O3/c1-3-14-7-9-15(10-8-14)11-18(24)21-13-19-22-20(23-26-19)16-5-4-6-17(12-16)25-2/h4-10,12H,3,11,13H2,1-2H3,(H,21,24). The fraction of sp³-hybridized carbons (Fsp3) is 0.250. The highest BCUT2D eigenvalue weighted by Crippen LogP contribution is 2.21. The second kappa shape index (κ2) is 8.29. The third kappa shape index (κ3) is 4.47. The van der Waals surface area contributed by atoms with Crippen LogP contribution in [0.15, 0.2) is 53.1 Å². The molecule has 0 atom stereocenters. The molecule has 6 nitrogen and oxygen atoms in total. The van der Waals surface area contributed by atoms with Crippen molar-refractivity contribution in [2.24, 2.45) is 0 Å². The fourth-order valence-electron chi connectivity index (χ4n) is 2.52. The van der Waals surface area contributed by atoms with E-state index in [9.17, 15) is 4.79 Å². The first-order valence-corrected chi connectivity index (χ1v) is 8.49. The Bertz CT molecular complexity index is 872. The molecule has 3 rings (SSSR count). The Morgan fingerprint density at radius 1 is 1.15 bits per heavy atom. The van der Waals surface area contributed by atoms with Gasteiger partial charge in [-0.3, -0.25) is 4.79 Å². The summed E-state index contributed by atoms with van der Waals surface area (Å²) in [5.41, 5.74) is 3.02. The van der Waals surface area contributed by atoms with Crippen LogP contribution in [0.3, 0.4) is 0 Å². The van der Waals surface area contributed by atoms with E-state index in [4.69, 9.17) is 9.26 Å². The lowest BCUT2D eigenvalue weighted by Gasteiger charge is -2.03. The lowest BCUT2D eigenvalue weighted by atomic mass is 10.1. The lowest BCUT2D eigenvalue weighted by Crippen LogP contribution is -2.24. The van der Waals surface area contributed by atoms with E-state index in [1.165, 1.54) is 5.56 Å². The Morgan fingerprint density at radius 3 is 2.65 bits per heavy atom. The predicted octanol–water partition coefficient (Wildman–Crippen LogP) is 3.17. The van der Waals surface area contributed by atoms with Gasteiger partial charge in [0.25, 0.3) is 0 Å². The monoisotopic (exact) mass is 351 g/mol. The maximum atomic E-state index is 12.1. The van der Waals surface area contributed by atoms with Crippen molar-refractivity contribution in [3.05, 3.63) is 65.5 Å². The molecule has 0 aliphatic carbocycles. The molecule has 0 fully saturated rings. The van der Waals surface area contributed by atoms with Gasteiger partial charge in [-0.25, -0.2) is 0 Å². The minimum absolute atomic E-state index is 0.0876. The van der Waals surface area contributed by atoms with E-state index in [0.29, 0.717) is 18.1 Å². The molecule has 0 unspecified atom stereocenters. The minimum Gasteiger partial charge on any atom is -0.497 e. The van der Waals surface area contributed by atoms with E-state index < -0.39 is 0 Å². The topological polar surface area (TPSA) is 77.2 Å². The number of carbonyl (C=O) groups is 1. The molecule has 26 heavy (non-hydrogen) atoms. The predicted molar refractivity (Wildman–Crippen MR) is 97.7 cm³/mol. The van der Waals surface area contributed by atoms with Crippen molar-refractivity contribution >= 4 is 5.91 Å². The van der Waals surface area contributed by atoms with Crippen molar-refractivity contribution in [3.8, 4) is 17.1 Å². The summed E-state index contributed by atoms with van der Waals surface area (Å²) in [5.74, 6) is 1.45. The van der Waals surface area contributed by atoms with Crippen LogP contribution in [-0.2, 0) is 24.2 Å². The summed E-state index contributed by atoms with van der Waals surface area (Å²) >= 11 is 0. The highest BCUT2D eigenvalue weighted by atomic mass is 16.5. The van der Waals surface area contributed by atoms with Crippen molar-refractivity contribution in [1.29, 1.82) is 0 Å². The van der Waals surface area contributed by atoms with E-state index in [-0.39, 0.29) is 12.5 Å². The smallest absolute Gasteiger partial charge is 0.246 e. The van der Waals surface area contributed by atoms with Gasteiger partial charge in [0, 0.05) is 5.56 Å². The van der Waals surface area contributed by atoms with Crippen LogP contribution in [0.1, 0.15) is 23.9 Å². The molecule has 0 bridgehead atoms. The third-order valence-electron chi connectivity index (χ3n) is 4.03. The zero-order valence-electron chi connectivity index (χ0n) is 14.9. The van der Waals surface area contributed by atoms with Crippen molar-refractivity contribution < 1.29 is 14.1 Å². The largest absolute Gasteiger partial charge is 0.497 e. The molecule has 2 aromatic carbocycles. The number of rotatable bonds is 7. The number of hydrogen-bond acceptors (Lipinski definition) is 5. The minimum atomic E-state index is -0.0876. The second-order valence-electron chi connectivity index (χ2n) is 5.87. The van der Waals surface area contributed by atoms with Gasteiger partial charge in [0.05, 0.1) is 20.1 Å². The van der Waals surface area contributed by atoms with Crippen LogP contribution < -0.4 is 10.1 Å². The Morgan fingerprint density at radius 2 is 1.92 bits per heavy atom. The number of benzene rings is 2. The molecule has 0 saturated heterocycles. The summed E-state index contributed by atoms with van der Waals surface area (Å²) in [6.45, 7) is 2.30. The number of aromatic nitrogens is 2. The number of hydrogen-bond donors (Lipinski definition) is 1. The molecule has 1 amide bonds. The van der Waals surface area contributed by atoms with Crippen LogP contribution in [0.4, 0.5) is 0 Å².